The summed E-state index contributed by atoms with van der Waals surface area (Å²) in [4.78, 5) is 0. The Morgan fingerprint density at radius 3 is 2.00 bits per heavy atom. The lowest BCUT2D eigenvalue weighted by Gasteiger charge is -2.23. The van der Waals surface area contributed by atoms with Gasteiger partial charge in [-0.3, -0.25) is 0 Å². The van der Waals surface area contributed by atoms with Gasteiger partial charge in [-0.1, -0.05) is 37.3 Å². The monoisotopic (exact) mass is 281 g/mol. The molecule has 0 bridgehead atoms. The summed E-state index contributed by atoms with van der Waals surface area (Å²) in [7, 11) is 0. The number of aryl methyl sites for hydroxylation is 5. The average molecular weight is 281 g/mol. The Morgan fingerprint density at radius 1 is 0.762 bits per heavy atom. The molecule has 0 aliphatic heterocycles. The summed E-state index contributed by atoms with van der Waals surface area (Å²) in [6.45, 7) is 14.1. The maximum absolute atomic E-state index is 3.65. The second kappa shape index (κ2) is 6.44. The molecule has 2 rings (SSSR count). The van der Waals surface area contributed by atoms with E-state index in [0.29, 0.717) is 0 Å². The van der Waals surface area contributed by atoms with E-state index >= 15 is 0 Å². The summed E-state index contributed by atoms with van der Waals surface area (Å²) in [5, 5.41) is 3.65. The molecule has 0 aliphatic carbocycles. The van der Waals surface area contributed by atoms with E-state index in [9.17, 15) is 0 Å². The Kier molecular flexibility index (Phi) is 4.84. The van der Waals surface area contributed by atoms with E-state index < -0.39 is 0 Å². The normalized spacial score (nSPS) is 12.5. The molecule has 1 nitrogen and oxygen atoms in total. The van der Waals surface area contributed by atoms with Crippen LogP contribution in [0.1, 0.15) is 51.9 Å². The molecule has 0 aromatic heterocycles. The fraction of sp³-hybridized carbons (Fsp3) is 0.400. The van der Waals surface area contributed by atoms with Gasteiger partial charge in [-0.05, 0) is 80.1 Å². The van der Waals surface area contributed by atoms with Gasteiger partial charge in [-0.2, -0.15) is 0 Å². The van der Waals surface area contributed by atoms with Gasteiger partial charge in [0.15, 0.2) is 0 Å². The first-order chi connectivity index (χ1) is 9.93. The van der Waals surface area contributed by atoms with Crippen molar-refractivity contribution in [2.24, 2.45) is 0 Å². The highest BCUT2D eigenvalue weighted by Crippen LogP contribution is 2.28. The Morgan fingerprint density at radius 2 is 1.38 bits per heavy atom. The van der Waals surface area contributed by atoms with E-state index in [1.807, 2.05) is 0 Å². The molecule has 21 heavy (non-hydrogen) atoms. The van der Waals surface area contributed by atoms with Gasteiger partial charge in [0.05, 0.1) is 6.04 Å². The molecule has 2 aromatic rings. The van der Waals surface area contributed by atoms with Gasteiger partial charge in [0.2, 0.25) is 0 Å². The van der Waals surface area contributed by atoms with Crippen molar-refractivity contribution < 1.29 is 0 Å². The molecule has 1 N–H and O–H groups in total. The van der Waals surface area contributed by atoms with E-state index in [1.54, 1.807) is 0 Å². The minimum Gasteiger partial charge on any atom is -0.307 e. The zero-order valence-electron chi connectivity index (χ0n) is 14.2. The van der Waals surface area contributed by atoms with E-state index in [0.717, 1.165) is 6.54 Å². The maximum Gasteiger partial charge on any atom is 0.0579 e. The van der Waals surface area contributed by atoms with Crippen LogP contribution in [-0.4, -0.2) is 6.54 Å². The lowest BCUT2D eigenvalue weighted by atomic mass is 9.90. The molecule has 0 aliphatic rings. The molecule has 1 unspecified atom stereocenters. The van der Waals surface area contributed by atoms with Crippen LogP contribution in [-0.2, 0) is 0 Å². The van der Waals surface area contributed by atoms with Crippen molar-refractivity contribution in [3.8, 4) is 0 Å². The molecule has 1 heteroatoms. The summed E-state index contributed by atoms with van der Waals surface area (Å²) < 4.78 is 0. The molecule has 0 saturated carbocycles. The summed E-state index contributed by atoms with van der Waals surface area (Å²) in [6.07, 6.45) is 0. The van der Waals surface area contributed by atoms with Gasteiger partial charge >= 0.3 is 0 Å². The Bertz CT molecular complexity index is 641. The quantitative estimate of drug-likeness (QED) is 0.838. The lowest BCUT2D eigenvalue weighted by Crippen LogP contribution is -2.23. The fourth-order valence-electron chi connectivity index (χ4n) is 2.85. The van der Waals surface area contributed by atoms with Gasteiger partial charge in [0.1, 0.15) is 0 Å². The number of hydrogen-bond donors (Lipinski definition) is 1. The molecule has 0 spiro atoms. The van der Waals surface area contributed by atoms with E-state index in [2.05, 4.69) is 77.2 Å². The van der Waals surface area contributed by atoms with Crippen LogP contribution < -0.4 is 5.32 Å². The van der Waals surface area contributed by atoms with Gasteiger partial charge in [0, 0.05) is 0 Å². The zero-order chi connectivity index (χ0) is 15.6. The van der Waals surface area contributed by atoms with Crippen LogP contribution in [0.25, 0.3) is 0 Å². The van der Waals surface area contributed by atoms with Crippen molar-refractivity contribution in [1.82, 2.24) is 5.32 Å². The first-order valence-electron chi connectivity index (χ1n) is 7.82. The topological polar surface area (TPSA) is 12.0 Å². The predicted molar refractivity (Wildman–Crippen MR) is 92.1 cm³/mol. The van der Waals surface area contributed by atoms with Gasteiger partial charge in [-0.25, -0.2) is 0 Å². The Hall–Kier alpha value is -1.60. The minimum atomic E-state index is 0.272. The largest absolute Gasteiger partial charge is 0.307 e. The highest BCUT2D eigenvalue weighted by molar-refractivity contribution is 5.44. The van der Waals surface area contributed by atoms with Crippen molar-refractivity contribution in [3.05, 3.63) is 69.3 Å². The smallest absolute Gasteiger partial charge is 0.0579 e. The maximum atomic E-state index is 3.65. The Labute approximate surface area is 129 Å². The van der Waals surface area contributed by atoms with Crippen LogP contribution in [0, 0.1) is 34.6 Å². The van der Waals surface area contributed by atoms with Crippen molar-refractivity contribution >= 4 is 0 Å². The van der Waals surface area contributed by atoms with Crippen molar-refractivity contribution in [1.29, 1.82) is 0 Å². The summed E-state index contributed by atoms with van der Waals surface area (Å²) >= 11 is 0. The van der Waals surface area contributed by atoms with E-state index in [4.69, 9.17) is 0 Å². The molecule has 0 amide bonds. The van der Waals surface area contributed by atoms with Gasteiger partial charge in [0.25, 0.3) is 0 Å². The van der Waals surface area contributed by atoms with E-state index in [1.165, 1.54) is 38.9 Å². The molecule has 0 heterocycles. The highest BCUT2D eigenvalue weighted by atomic mass is 14.9. The number of hydrogen-bond acceptors (Lipinski definition) is 1. The molecular weight excluding hydrogens is 254 g/mol. The van der Waals surface area contributed by atoms with Crippen LogP contribution in [0.2, 0.25) is 0 Å². The molecule has 1 atom stereocenters. The molecule has 0 radical (unpaired) electrons. The van der Waals surface area contributed by atoms with Crippen LogP contribution in [0.15, 0.2) is 30.3 Å². The molecular formula is C20H27N. The molecule has 2 aromatic carbocycles. The molecule has 0 saturated heterocycles. The number of nitrogens with one attached hydrogen (secondary N) is 1. The lowest BCUT2D eigenvalue weighted by molar-refractivity contribution is 0.626. The first-order valence-corrected chi connectivity index (χ1v) is 7.82. The standard InChI is InChI=1S/C20H27N/c1-7-21-20(18-9-8-13(2)15(4)11-18)19-12-16(5)14(3)10-17(19)6/h8-12,20-21H,7H2,1-6H3. The number of benzene rings is 2. The third-order valence-electron chi connectivity index (χ3n) is 4.47. The first kappa shape index (κ1) is 15.8. The molecule has 0 fully saturated rings. The van der Waals surface area contributed by atoms with Crippen molar-refractivity contribution in [2.75, 3.05) is 6.54 Å². The zero-order valence-corrected chi connectivity index (χ0v) is 14.2. The van der Waals surface area contributed by atoms with Crippen molar-refractivity contribution in [3.63, 3.8) is 0 Å². The van der Waals surface area contributed by atoms with Crippen LogP contribution in [0.5, 0.6) is 0 Å². The predicted octanol–water partition coefficient (Wildman–Crippen LogP) is 4.93. The summed E-state index contributed by atoms with van der Waals surface area (Å²) in [5.74, 6) is 0. The average Bonchev–Trinajstić information content (AvgIpc) is 2.44. The fourth-order valence-corrected chi connectivity index (χ4v) is 2.85. The van der Waals surface area contributed by atoms with Crippen molar-refractivity contribution in [2.45, 2.75) is 47.6 Å². The summed E-state index contributed by atoms with van der Waals surface area (Å²) in [6, 6.07) is 11.7. The second-order valence-electron chi connectivity index (χ2n) is 6.13. The van der Waals surface area contributed by atoms with Crippen LogP contribution in [0.4, 0.5) is 0 Å². The van der Waals surface area contributed by atoms with Crippen LogP contribution >= 0.6 is 0 Å². The van der Waals surface area contributed by atoms with E-state index in [-0.39, 0.29) is 6.04 Å². The van der Waals surface area contributed by atoms with Gasteiger partial charge in [-0.15, -0.1) is 0 Å². The van der Waals surface area contributed by atoms with Gasteiger partial charge < -0.3 is 5.32 Å². The SMILES string of the molecule is CCNC(c1ccc(C)c(C)c1)c1cc(C)c(C)cc1C. The highest BCUT2D eigenvalue weighted by Gasteiger charge is 2.16. The Balaban J connectivity index is 2.52. The minimum absolute atomic E-state index is 0.272. The summed E-state index contributed by atoms with van der Waals surface area (Å²) in [5.41, 5.74) is 9.55. The number of rotatable bonds is 4. The van der Waals surface area contributed by atoms with Crippen LogP contribution in [0.3, 0.4) is 0 Å². The third kappa shape index (κ3) is 3.36. The third-order valence-corrected chi connectivity index (χ3v) is 4.47. The second-order valence-corrected chi connectivity index (χ2v) is 6.13. The molecule has 112 valence electrons.